The molecule has 0 amide bonds. The Kier molecular flexibility index (Phi) is 2.00. The van der Waals surface area contributed by atoms with Gasteiger partial charge in [-0.05, 0) is 23.6 Å². The number of hydrogen-bond acceptors (Lipinski definition) is 2. The predicted molar refractivity (Wildman–Crippen MR) is 54.9 cm³/mol. The quantitative estimate of drug-likeness (QED) is 0.703. The van der Waals surface area contributed by atoms with Crippen LogP contribution in [-0.4, -0.2) is 7.11 Å². The lowest BCUT2D eigenvalue weighted by atomic mass is 10.1. The monoisotopic (exact) mass is 191 g/mol. The number of hydrogen-bond donors (Lipinski definition) is 1. The fraction of sp³-hybridized carbons (Fsp3) is 0.0909. The number of benzene rings is 2. The second kappa shape index (κ2) is 3.18. The van der Waals surface area contributed by atoms with Crippen LogP contribution in [0, 0.1) is 5.82 Å². The van der Waals surface area contributed by atoms with Crippen LogP contribution in [0.3, 0.4) is 0 Å². The first-order valence-electron chi connectivity index (χ1n) is 4.24. The Hall–Kier alpha value is -1.77. The van der Waals surface area contributed by atoms with Gasteiger partial charge in [0.1, 0.15) is 11.6 Å². The summed E-state index contributed by atoms with van der Waals surface area (Å²) in [5.74, 6) is 0.239. The van der Waals surface area contributed by atoms with Crippen LogP contribution in [0.15, 0.2) is 30.3 Å². The van der Waals surface area contributed by atoms with E-state index >= 15 is 0 Å². The SMILES string of the molecule is COc1c(N)ccc2ccc(F)cc12. The standard InChI is InChI=1S/C11H10FNO/c1-14-11-9-6-8(12)4-2-7(9)3-5-10(11)13/h2-6H,13H2,1H3. The highest BCUT2D eigenvalue weighted by Crippen LogP contribution is 2.31. The molecule has 0 spiro atoms. The number of rotatable bonds is 1. The molecular formula is C11H10FNO. The third-order valence-corrected chi connectivity index (χ3v) is 2.17. The molecule has 2 aromatic rings. The van der Waals surface area contributed by atoms with E-state index in [1.165, 1.54) is 19.2 Å². The molecule has 72 valence electrons. The largest absolute Gasteiger partial charge is 0.494 e. The molecule has 14 heavy (non-hydrogen) atoms. The maximum Gasteiger partial charge on any atom is 0.149 e. The van der Waals surface area contributed by atoms with E-state index < -0.39 is 0 Å². The molecule has 2 N–H and O–H groups in total. The lowest BCUT2D eigenvalue weighted by Crippen LogP contribution is -1.93. The second-order valence-electron chi connectivity index (χ2n) is 3.05. The molecule has 2 aromatic carbocycles. The van der Waals surface area contributed by atoms with E-state index in [0.29, 0.717) is 16.8 Å². The van der Waals surface area contributed by atoms with Crippen LogP contribution in [0.1, 0.15) is 0 Å². The van der Waals surface area contributed by atoms with Gasteiger partial charge < -0.3 is 10.5 Å². The Morgan fingerprint density at radius 1 is 1.21 bits per heavy atom. The van der Waals surface area contributed by atoms with Gasteiger partial charge in [-0.3, -0.25) is 0 Å². The molecule has 0 fully saturated rings. The van der Waals surface area contributed by atoms with Crippen molar-refractivity contribution >= 4 is 16.5 Å². The van der Waals surface area contributed by atoms with Gasteiger partial charge in [-0.1, -0.05) is 12.1 Å². The normalized spacial score (nSPS) is 10.4. The minimum atomic E-state index is -0.290. The molecular weight excluding hydrogens is 181 g/mol. The lowest BCUT2D eigenvalue weighted by molar-refractivity contribution is 0.421. The van der Waals surface area contributed by atoms with E-state index in [2.05, 4.69) is 0 Å². The molecule has 0 radical (unpaired) electrons. The van der Waals surface area contributed by atoms with E-state index in [4.69, 9.17) is 10.5 Å². The summed E-state index contributed by atoms with van der Waals surface area (Å²) in [7, 11) is 1.52. The van der Waals surface area contributed by atoms with Crippen LogP contribution in [0.25, 0.3) is 10.8 Å². The molecule has 0 atom stereocenters. The Morgan fingerprint density at radius 2 is 1.93 bits per heavy atom. The smallest absolute Gasteiger partial charge is 0.149 e. The second-order valence-corrected chi connectivity index (χ2v) is 3.05. The van der Waals surface area contributed by atoms with E-state index in [1.54, 1.807) is 12.1 Å². The molecule has 0 aliphatic carbocycles. The third-order valence-electron chi connectivity index (χ3n) is 2.17. The summed E-state index contributed by atoms with van der Waals surface area (Å²) in [4.78, 5) is 0. The minimum absolute atomic E-state index is 0.290. The molecule has 0 unspecified atom stereocenters. The zero-order chi connectivity index (χ0) is 10.1. The Bertz CT molecular complexity index is 477. The number of ether oxygens (including phenoxy) is 1. The van der Waals surface area contributed by atoms with Gasteiger partial charge in [-0.15, -0.1) is 0 Å². The summed E-state index contributed by atoms with van der Waals surface area (Å²) in [6.45, 7) is 0. The van der Waals surface area contributed by atoms with Crippen LogP contribution in [0.4, 0.5) is 10.1 Å². The number of nitrogen functional groups attached to an aromatic ring is 1. The topological polar surface area (TPSA) is 35.2 Å². The van der Waals surface area contributed by atoms with Gasteiger partial charge in [0, 0.05) is 5.39 Å². The number of nitrogens with two attached hydrogens (primary N) is 1. The van der Waals surface area contributed by atoms with Crippen LogP contribution < -0.4 is 10.5 Å². The summed E-state index contributed by atoms with van der Waals surface area (Å²) in [6, 6.07) is 8.13. The van der Waals surface area contributed by atoms with Gasteiger partial charge in [0.2, 0.25) is 0 Å². The van der Waals surface area contributed by atoms with Crippen molar-refractivity contribution in [1.29, 1.82) is 0 Å². The van der Waals surface area contributed by atoms with Gasteiger partial charge >= 0.3 is 0 Å². The zero-order valence-electron chi connectivity index (χ0n) is 7.75. The van der Waals surface area contributed by atoms with Crippen molar-refractivity contribution < 1.29 is 9.13 Å². The molecule has 0 aliphatic heterocycles. The molecule has 0 saturated carbocycles. The maximum absolute atomic E-state index is 13.0. The predicted octanol–water partition coefficient (Wildman–Crippen LogP) is 2.57. The average Bonchev–Trinajstić information content (AvgIpc) is 2.17. The molecule has 2 rings (SSSR count). The Balaban J connectivity index is 2.84. The Labute approximate surface area is 81.1 Å². The van der Waals surface area contributed by atoms with E-state index in [-0.39, 0.29) is 5.82 Å². The van der Waals surface area contributed by atoms with Gasteiger partial charge in [0.15, 0.2) is 0 Å². The molecule has 0 aliphatic rings. The fourth-order valence-corrected chi connectivity index (χ4v) is 1.51. The van der Waals surface area contributed by atoms with Crippen molar-refractivity contribution in [2.75, 3.05) is 12.8 Å². The summed E-state index contributed by atoms with van der Waals surface area (Å²) in [5.41, 5.74) is 6.22. The van der Waals surface area contributed by atoms with Crippen LogP contribution in [0.2, 0.25) is 0 Å². The first-order valence-corrected chi connectivity index (χ1v) is 4.24. The molecule has 0 heterocycles. The van der Waals surface area contributed by atoms with Crippen LogP contribution in [-0.2, 0) is 0 Å². The number of halogens is 1. The van der Waals surface area contributed by atoms with Crippen molar-refractivity contribution in [2.45, 2.75) is 0 Å². The molecule has 0 bridgehead atoms. The van der Waals surface area contributed by atoms with Crippen LogP contribution in [0.5, 0.6) is 5.75 Å². The third kappa shape index (κ3) is 1.27. The zero-order valence-corrected chi connectivity index (χ0v) is 7.75. The summed E-state index contributed by atoms with van der Waals surface area (Å²) in [5, 5.41) is 1.62. The van der Waals surface area contributed by atoms with Crippen LogP contribution >= 0.6 is 0 Å². The first kappa shape index (κ1) is 8.81. The van der Waals surface area contributed by atoms with E-state index in [0.717, 1.165) is 5.39 Å². The van der Waals surface area contributed by atoms with Crippen molar-refractivity contribution in [1.82, 2.24) is 0 Å². The Morgan fingerprint density at radius 3 is 2.64 bits per heavy atom. The lowest BCUT2D eigenvalue weighted by Gasteiger charge is -2.08. The van der Waals surface area contributed by atoms with Crippen molar-refractivity contribution in [3.63, 3.8) is 0 Å². The minimum Gasteiger partial charge on any atom is -0.494 e. The summed E-state index contributed by atoms with van der Waals surface area (Å²) >= 11 is 0. The van der Waals surface area contributed by atoms with Crippen molar-refractivity contribution in [3.8, 4) is 5.75 Å². The molecule has 0 aromatic heterocycles. The maximum atomic E-state index is 13.0. The number of methoxy groups -OCH3 is 1. The number of fused-ring (bicyclic) bond motifs is 1. The summed E-state index contributed by atoms with van der Waals surface area (Å²) < 4.78 is 18.1. The molecule has 3 heteroatoms. The summed E-state index contributed by atoms with van der Waals surface area (Å²) in [6.07, 6.45) is 0. The van der Waals surface area contributed by atoms with E-state index in [1.807, 2.05) is 6.07 Å². The van der Waals surface area contributed by atoms with Gasteiger partial charge in [0.05, 0.1) is 12.8 Å². The highest BCUT2D eigenvalue weighted by Gasteiger charge is 2.05. The highest BCUT2D eigenvalue weighted by molar-refractivity contribution is 5.92. The van der Waals surface area contributed by atoms with Gasteiger partial charge in [0.25, 0.3) is 0 Å². The van der Waals surface area contributed by atoms with E-state index in [9.17, 15) is 4.39 Å². The number of anilines is 1. The van der Waals surface area contributed by atoms with Crippen molar-refractivity contribution in [2.24, 2.45) is 0 Å². The van der Waals surface area contributed by atoms with Crippen molar-refractivity contribution in [3.05, 3.63) is 36.1 Å². The highest BCUT2D eigenvalue weighted by atomic mass is 19.1. The van der Waals surface area contributed by atoms with Gasteiger partial charge in [-0.25, -0.2) is 4.39 Å². The van der Waals surface area contributed by atoms with Gasteiger partial charge in [-0.2, -0.15) is 0 Å². The first-order chi connectivity index (χ1) is 6.72. The fourth-order valence-electron chi connectivity index (χ4n) is 1.51. The molecule has 2 nitrogen and oxygen atoms in total. The molecule has 0 saturated heterocycles. The average molecular weight is 191 g/mol.